The van der Waals surface area contributed by atoms with Gasteiger partial charge in [0.1, 0.15) is 5.70 Å². The predicted octanol–water partition coefficient (Wildman–Crippen LogP) is 3.20. The number of likely N-dealkylation sites (N-methyl/N-ethyl adjacent to an activating group) is 1. The lowest BCUT2D eigenvalue weighted by Crippen LogP contribution is -2.34. The molecule has 3 rings (SSSR count). The number of hydrogen-bond donors (Lipinski definition) is 1. The van der Waals surface area contributed by atoms with E-state index in [-0.39, 0.29) is 25.4 Å². The molecule has 0 atom stereocenters. The van der Waals surface area contributed by atoms with Crippen molar-refractivity contribution in [3.63, 3.8) is 0 Å². The van der Waals surface area contributed by atoms with Crippen LogP contribution < -0.4 is 0 Å². The van der Waals surface area contributed by atoms with E-state index in [9.17, 15) is 14.7 Å². The zero-order valence-corrected chi connectivity index (χ0v) is 16.2. The van der Waals surface area contributed by atoms with Gasteiger partial charge in [-0.05, 0) is 29.3 Å². The number of carbonyl (C=O) groups excluding carboxylic acids is 2. The molecular weight excluding hydrogens is 387 g/mol. The van der Waals surface area contributed by atoms with Gasteiger partial charge in [0.05, 0.1) is 18.7 Å². The standard InChI is InChI=1S/C20H18Cl2N2O3/c1-23(10-11-25)18-17(13-6-8-15(21)9-7-13)19(26)24(20(18)27)12-14-4-2-3-5-16(14)22/h2-9,25H,10-12H2,1H3. The van der Waals surface area contributed by atoms with Crippen LogP contribution in [0.5, 0.6) is 0 Å². The Morgan fingerprint density at radius 2 is 1.67 bits per heavy atom. The minimum Gasteiger partial charge on any atom is -0.395 e. The molecule has 2 aromatic rings. The molecule has 0 radical (unpaired) electrons. The first-order chi connectivity index (χ1) is 12.9. The molecule has 1 N–H and O–H groups in total. The number of halogens is 2. The lowest BCUT2D eigenvalue weighted by Gasteiger charge is -2.20. The number of aliphatic hydroxyl groups excluding tert-OH is 1. The molecule has 0 unspecified atom stereocenters. The number of hydrogen-bond acceptors (Lipinski definition) is 4. The van der Waals surface area contributed by atoms with Crippen LogP contribution in [-0.2, 0) is 16.1 Å². The molecule has 2 amide bonds. The van der Waals surface area contributed by atoms with Gasteiger partial charge in [0.15, 0.2) is 0 Å². The monoisotopic (exact) mass is 404 g/mol. The SMILES string of the molecule is CN(CCO)C1=C(c2ccc(Cl)cc2)C(=O)N(Cc2ccccc2Cl)C1=O. The Balaban J connectivity index is 2.03. The van der Waals surface area contributed by atoms with Crippen molar-refractivity contribution in [2.24, 2.45) is 0 Å². The molecule has 0 spiro atoms. The van der Waals surface area contributed by atoms with Crippen LogP contribution >= 0.6 is 23.2 Å². The van der Waals surface area contributed by atoms with E-state index in [1.807, 2.05) is 0 Å². The zero-order chi connectivity index (χ0) is 19.6. The number of benzene rings is 2. The first-order valence-corrected chi connectivity index (χ1v) is 9.11. The Labute approximate surface area is 167 Å². The number of nitrogens with zero attached hydrogens (tertiary/aromatic N) is 2. The van der Waals surface area contributed by atoms with Crippen LogP contribution in [0.1, 0.15) is 11.1 Å². The fraction of sp³-hybridized carbons (Fsp3) is 0.200. The summed E-state index contributed by atoms with van der Waals surface area (Å²) in [6.45, 7) is 0.163. The Hall–Kier alpha value is -2.34. The minimum absolute atomic E-state index is 0.0743. The van der Waals surface area contributed by atoms with Crippen molar-refractivity contribution in [2.45, 2.75) is 6.54 Å². The molecule has 0 bridgehead atoms. The second-order valence-corrected chi connectivity index (χ2v) is 7.01. The predicted molar refractivity (Wildman–Crippen MR) is 105 cm³/mol. The Morgan fingerprint density at radius 1 is 1.00 bits per heavy atom. The normalized spacial score (nSPS) is 14.3. The third-order valence-corrected chi connectivity index (χ3v) is 5.00. The van der Waals surface area contributed by atoms with Crippen molar-refractivity contribution in [3.05, 3.63) is 75.4 Å². The van der Waals surface area contributed by atoms with Crippen LogP contribution in [0.4, 0.5) is 0 Å². The van der Waals surface area contributed by atoms with Gasteiger partial charge in [-0.15, -0.1) is 0 Å². The van der Waals surface area contributed by atoms with Crippen LogP contribution in [0.2, 0.25) is 10.0 Å². The van der Waals surface area contributed by atoms with E-state index >= 15 is 0 Å². The number of carbonyl (C=O) groups is 2. The number of rotatable bonds is 6. The minimum atomic E-state index is -0.416. The van der Waals surface area contributed by atoms with Gasteiger partial charge in [0.2, 0.25) is 0 Å². The first kappa shape index (κ1) is 19.4. The summed E-state index contributed by atoms with van der Waals surface area (Å²) in [7, 11) is 1.67. The second kappa shape index (κ2) is 8.13. The fourth-order valence-electron chi connectivity index (χ4n) is 3.00. The van der Waals surface area contributed by atoms with Crippen LogP contribution in [0.3, 0.4) is 0 Å². The van der Waals surface area contributed by atoms with Crippen molar-refractivity contribution < 1.29 is 14.7 Å². The van der Waals surface area contributed by atoms with Crippen molar-refractivity contribution >= 4 is 40.6 Å². The third kappa shape index (κ3) is 3.86. The van der Waals surface area contributed by atoms with E-state index in [2.05, 4.69) is 0 Å². The Morgan fingerprint density at radius 3 is 2.30 bits per heavy atom. The van der Waals surface area contributed by atoms with Crippen molar-refractivity contribution in [3.8, 4) is 0 Å². The zero-order valence-electron chi connectivity index (χ0n) is 14.7. The molecule has 7 heteroatoms. The van der Waals surface area contributed by atoms with Gasteiger partial charge < -0.3 is 10.0 Å². The van der Waals surface area contributed by atoms with Gasteiger partial charge in [-0.3, -0.25) is 14.5 Å². The number of aliphatic hydroxyl groups is 1. The van der Waals surface area contributed by atoms with E-state index in [0.29, 0.717) is 26.7 Å². The average Bonchev–Trinajstić information content (AvgIpc) is 2.89. The average molecular weight is 405 g/mol. The summed E-state index contributed by atoms with van der Waals surface area (Å²) in [6.07, 6.45) is 0. The highest BCUT2D eigenvalue weighted by atomic mass is 35.5. The van der Waals surface area contributed by atoms with E-state index in [1.165, 1.54) is 4.90 Å². The highest BCUT2D eigenvalue weighted by molar-refractivity contribution is 6.36. The summed E-state index contributed by atoms with van der Waals surface area (Å²) >= 11 is 12.1. The molecule has 2 aromatic carbocycles. The molecule has 1 aliphatic heterocycles. The summed E-state index contributed by atoms with van der Waals surface area (Å²) in [5.41, 5.74) is 1.82. The third-order valence-electron chi connectivity index (χ3n) is 4.38. The van der Waals surface area contributed by atoms with Gasteiger partial charge in [-0.1, -0.05) is 53.5 Å². The Bertz CT molecular complexity index is 910. The quantitative estimate of drug-likeness (QED) is 0.750. The maximum Gasteiger partial charge on any atom is 0.278 e. The molecule has 5 nitrogen and oxygen atoms in total. The molecule has 140 valence electrons. The smallest absolute Gasteiger partial charge is 0.278 e. The summed E-state index contributed by atoms with van der Waals surface area (Å²) in [5, 5.41) is 10.3. The highest BCUT2D eigenvalue weighted by Gasteiger charge is 2.40. The van der Waals surface area contributed by atoms with Crippen molar-refractivity contribution in [1.82, 2.24) is 9.80 Å². The molecule has 0 aliphatic carbocycles. The molecule has 1 aliphatic rings. The van der Waals surface area contributed by atoms with Crippen LogP contribution in [-0.4, -0.2) is 46.9 Å². The molecule has 0 aromatic heterocycles. The van der Waals surface area contributed by atoms with Gasteiger partial charge in [-0.2, -0.15) is 0 Å². The molecular formula is C20H18Cl2N2O3. The lowest BCUT2D eigenvalue weighted by molar-refractivity contribution is -0.138. The van der Waals surface area contributed by atoms with Crippen LogP contribution in [0.15, 0.2) is 54.2 Å². The molecule has 0 saturated heterocycles. The van der Waals surface area contributed by atoms with Gasteiger partial charge in [0, 0.05) is 23.6 Å². The van der Waals surface area contributed by atoms with Crippen LogP contribution in [0.25, 0.3) is 5.57 Å². The topological polar surface area (TPSA) is 60.9 Å². The number of amides is 2. The van der Waals surface area contributed by atoms with Crippen molar-refractivity contribution in [2.75, 3.05) is 20.2 Å². The summed E-state index contributed by atoms with van der Waals surface area (Å²) in [5.74, 6) is -0.817. The summed E-state index contributed by atoms with van der Waals surface area (Å²) < 4.78 is 0. The maximum absolute atomic E-state index is 13.1. The first-order valence-electron chi connectivity index (χ1n) is 8.36. The maximum atomic E-state index is 13.1. The summed E-state index contributed by atoms with van der Waals surface area (Å²) in [6, 6.07) is 13.8. The van der Waals surface area contributed by atoms with E-state index < -0.39 is 11.8 Å². The van der Waals surface area contributed by atoms with E-state index in [4.69, 9.17) is 23.2 Å². The van der Waals surface area contributed by atoms with E-state index in [1.54, 1.807) is 60.5 Å². The van der Waals surface area contributed by atoms with Gasteiger partial charge >= 0.3 is 0 Å². The molecule has 27 heavy (non-hydrogen) atoms. The molecule has 0 fully saturated rings. The fourth-order valence-corrected chi connectivity index (χ4v) is 3.32. The van der Waals surface area contributed by atoms with Crippen molar-refractivity contribution in [1.29, 1.82) is 0 Å². The molecule has 1 heterocycles. The van der Waals surface area contributed by atoms with Crippen LogP contribution in [0, 0.1) is 0 Å². The van der Waals surface area contributed by atoms with Gasteiger partial charge in [-0.25, -0.2) is 0 Å². The number of imide groups is 1. The lowest BCUT2D eigenvalue weighted by atomic mass is 10.0. The Kier molecular flexibility index (Phi) is 5.85. The largest absolute Gasteiger partial charge is 0.395 e. The summed E-state index contributed by atoms with van der Waals surface area (Å²) in [4.78, 5) is 28.9. The second-order valence-electron chi connectivity index (χ2n) is 6.16. The van der Waals surface area contributed by atoms with E-state index in [0.717, 1.165) is 0 Å². The van der Waals surface area contributed by atoms with Gasteiger partial charge in [0.25, 0.3) is 11.8 Å². The molecule has 0 saturated carbocycles. The highest BCUT2D eigenvalue weighted by Crippen LogP contribution is 2.33.